The summed E-state index contributed by atoms with van der Waals surface area (Å²) in [4.78, 5) is 2.57. The average molecular weight is 253 g/mol. The van der Waals surface area contributed by atoms with Gasteiger partial charge in [0.25, 0.3) is 0 Å². The second kappa shape index (κ2) is 5.96. The molecule has 4 heteroatoms. The van der Waals surface area contributed by atoms with Gasteiger partial charge in [0.2, 0.25) is 0 Å². The largest absolute Gasteiger partial charge is 0.314 e. The Hall–Kier alpha value is -0.420. The minimum Gasteiger partial charge on any atom is -0.314 e. The lowest BCUT2D eigenvalue weighted by molar-refractivity contribution is 0.102. The van der Waals surface area contributed by atoms with Gasteiger partial charge in [-0.05, 0) is 36.2 Å². The maximum absolute atomic E-state index is 3.57. The van der Waals surface area contributed by atoms with Crippen molar-refractivity contribution in [3.05, 3.63) is 22.4 Å². The second-order valence-corrected chi connectivity index (χ2v) is 6.06. The monoisotopic (exact) mass is 253 g/mol. The number of nitrogens with one attached hydrogen (secondary N) is 2. The quantitative estimate of drug-likeness (QED) is 0.833. The zero-order valence-corrected chi connectivity index (χ0v) is 11.6. The van der Waals surface area contributed by atoms with Crippen molar-refractivity contribution < 1.29 is 0 Å². The van der Waals surface area contributed by atoms with Crippen LogP contribution in [0.5, 0.6) is 0 Å². The Morgan fingerprint density at radius 3 is 2.82 bits per heavy atom. The van der Waals surface area contributed by atoms with E-state index in [1.165, 1.54) is 5.56 Å². The fourth-order valence-electron chi connectivity index (χ4n) is 2.29. The molecular formula is C13H23N3S. The zero-order valence-electron chi connectivity index (χ0n) is 10.8. The van der Waals surface area contributed by atoms with E-state index < -0.39 is 0 Å². The van der Waals surface area contributed by atoms with E-state index in [9.17, 15) is 0 Å². The second-order valence-electron chi connectivity index (χ2n) is 5.28. The van der Waals surface area contributed by atoms with E-state index in [0.717, 1.165) is 39.3 Å². The molecular weight excluding hydrogens is 230 g/mol. The van der Waals surface area contributed by atoms with Crippen molar-refractivity contribution in [2.24, 2.45) is 0 Å². The van der Waals surface area contributed by atoms with Crippen LogP contribution in [0.4, 0.5) is 0 Å². The molecule has 2 N–H and O–H groups in total. The lowest BCUT2D eigenvalue weighted by Crippen LogP contribution is -2.57. The summed E-state index contributed by atoms with van der Waals surface area (Å²) in [5.74, 6) is 0. The van der Waals surface area contributed by atoms with Crippen molar-refractivity contribution >= 4 is 11.3 Å². The molecule has 2 heterocycles. The van der Waals surface area contributed by atoms with Crippen molar-refractivity contribution in [2.75, 3.05) is 32.7 Å². The van der Waals surface area contributed by atoms with Crippen molar-refractivity contribution in [2.45, 2.75) is 25.9 Å². The highest BCUT2D eigenvalue weighted by Gasteiger charge is 2.27. The zero-order chi connectivity index (χ0) is 12.1. The van der Waals surface area contributed by atoms with Crippen LogP contribution in [0.3, 0.4) is 0 Å². The predicted molar refractivity (Wildman–Crippen MR) is 74.5 cm³/mol. The molecule has 0 aromatic carbocycles. The van der Waals surface area contributed by atoms with E-state index in [4.69, 9.17) is 0 Å². The maximum atomic E-state index is 3.57. The van der Waals surface area contributed by atoms with Gasteiger partial charge in [-0.1, -0.05) is 0 Å². The molecule has 1 aliphatic rings. The van der Waals surface area contributed by atoms with Crippen LogP contribution in [0.1, 0.15) is 19.4 Å². The molecule has 0 radical (unpaired) electrons. The smallest absolute Gasteiger partial charge is 0.0278 e. The van der Waals surface area contributed by atoms with E-state index in [-0.39, 0.29) is 5.54 Å². The SMILES string of the molecule is CC(C)(CNCc1ccsc1)N1CCNCC1. The Kier molecular flexibility index (Phi) is 4.56. The van der Waals surface area contributed by atoms with Crippen LogP contribution in [0.15, 0.2) is 16.8 Å². The van der Waals surface area contributed by atoms with Gasteiger partial charge in [-0.2, -0.15) is 11.3 Å². The van der Waals surface area contributed by atoms with Gasteiger partial charge in [0.15, 0.2) is 0 Å². The van der Waals surface area contributed by atoms with Gasteiger partial charge in [0.1, 0.15) is 0 Å². The first-order chi connectivity index (χ1) is 8.18. The molecule has 0 aliphatic carbocycles. The number of hydrogen-bond donors (Lipinski definition) is 2. The van der Waals surface area contributed by atoms with E-state index in [0.29, 0.717) is 0 Å². The normalized spacial score (nSPS) is 18.5. The van der Waals surface area contributed by atoms with Crippen molar-refractivity contribution in [1.82, 2.24) is 15.5 Å². The highest BCUT2D eigenvalue weighted by molar-refractivity contribution is 7.07. The molecule has 0 amide bonds. The van der Waals surface area contributed by atoms with Crippen LogP contribution in [0.2, 0.25) is 0 Å². The number of nitrogens with zero attached hydrogens (tertiary/aromatic N) is 1. The first-order valence-corrected chi connectivity index (χ1v) is 7.30. The third-order valence-corrected chi connectivity index (χ3v) is 4.17. The van der Waals surface area contributed by atoms with Gasteiger partial charge in [0, 0.05) is 44.8 Å². The third-order valence-electron chi connectivity index (χ3n) is 3.44. The first kappa shape index (κ1) is 13.0. The lowest BCUT2D eigenvalue weighted by Gasteiger charge is -2.41. The molecule has 0 spiro atoms. The Balaban J connectivity index is 1.76. The van der Waals surface area contributed by atoms with Gasteiger partial charge in [-0.25, -0.2) is 0 Å². The lowest BCUT2D eigenvalue weighted by atomic mass is 10.0. The van der Waals surface area contributed by atoms with Crippen molar-refractivity contribution in [3.63, 3.8) is 0 Å². The Morgan fingerprint density at radius 1 is 1.41 bits per heavy atom. The van der Waals surface area contributed by atoms with E-state index in [1.807, 2.05) is 0 Å². The molecule has 1 aromatic rings. The Morgan fingerprint density at radius 2 is 2.18 bits per heavy atom. The van der Waals surface area contributed by atoms with Gasteiger partial charge in [-0.3, -0.25) is 4.90 Å². The van der Waals surface area contributed by atoms with Crippen LogP contribution >= 0.6 is 11.3 Å². The fourth-order valence-corrected chi connectivity index (χ4v) is 2.96. The molecule has 1 saturated heterocycles. The van der Waals surface area contributed by atoms with Gasteiger partial charge in [-0.15, -0.1) is 0 Å². The molecule has 96 valence electrons. The van der Waals surface area contributed by atoms with Gasteiger partial charge >= 0.3 is 0 Å². The molecule has 0 bridgehead atoms. The Bertz CT molecular complexity index is 315. The van der Waals surface area contributed by atoms with Crippen LogP contribution in [0, 0.1) is 0 Å². The molecule has 17 heavy (non-hydrogen) atoms. The molecule has 1 fully saturated rings. The van der Waals surface area contributed by atoms with E-state index >= 15 is 0 Å². The minimum atomic E-state index is 0.248. The van der Waals surface area contributed by atoms with Crippen LogP contribution in [-0.4, -0.2) is 43.2 Å². The van der Waals surface area contributed by atoms with E-state index in [2.05, 4.69) is 46.2 Å². The predicted octanol–water partition coefficient (Wildman–Crippen LogP) is 1.52. The molecule has 1 aliphatic heterocycles. The summed E-state index contributed by atoms with van der Waals surface area (Å²) in [5, 5.41) is 11.3. The van der Waals surface area contributed by atoms with Gasteiger partial charge < -0.3 is 10.6 Å². The minimum absolute atomic E-state index is 0.248. The van der Waals surface area contributed by atoms with Crippen LogP contribution in [0.25, 0.3) is 0 Å². The average Bonchev–Trinajstić information content (AvgIpc) is 2.83. The van der Waals surface area contributed by atoms with E-state index in [1.54, 1.807) is 11.3 Å². The van der Waals surface area contributed by atoms with Crippen molar-refractivity contribution in [3.8, 4) is 0 Å². The summed E-state index contributed by atoms with van der Waals surface area (Å²) in [6, 6.07) is 2.19. The number of hydrogen-bond acceptors (Lipinski definition) is 4. The molecule has 0 saturated carbocycles. The van der Waals surface area contributed by atoms with Crippen LogP contribution in [-0.2, 0) is 6.54 Å². The fraction of sp³-hybridized carbons (Fsp3) is 0.692. The highest BCUT2D eigenvalue weighted by atomic mass is 32.1. The summed E-state index contributed by atoms with van der Waals surface area (Å²) in [6.45, 7) is 11.3. The summed E-state index contributed by atoms with van der Waals surface area (Å²) in [7, 11) is 0. The molecule has 0 atom stereocenters. The molecule has 0 unspecified atom stereocenters. The summed E-state index contributed by atoms with van der Waals surface area (Å²) >= 11 is 1.77. The number of thiophene rings is 1. The summed E-state index contributed by atoms with van der Waals surface area (Å²) in [6.07, 6.45) is 0. The van der Waals surface area contributed by atoms with Gasteiger partial charge in [0.05, 0.1) is 0 Å². The molecule has 2 rings (SSSR count). The molecule has 3 nitrogen and oxygen atoms in total. The number of piperazine rings is 1. The Labute approximate surface area is 108 Å². The highest BCUT2D eigenvalue weighted by Crippen LogP contribution is 2.14. The maximum Gasteiger partial charge on any atom is 0.0278 e. The summed E-state index contributed by atoms with van der Waals surface area (Å²) < 4.78 is 0. The molecule has 1 aromatic heterocycles. The summed E-state index contributed by atoms with van der Waals surface area (Å²) in [5.41, 5.74) is 1.64. The number of rotatable bonds is 5. The topological polar surface area (TPSA) is 27.3 Å². The standard InChI is InChI=1S/C13H23N3S/c1-13(2,16-6-4-14-5-7-16)11-15-9-12-3-8-17-10-12/h3,8,10,14-15H,4-7,9,11H2,1-2H3. The van der Waals surface area contributed by atoms with Crippen LogP contribution < -0.4 is 10.6 Å². The third kappa shape index (κ3) is 3.78. The first-order valence-electron chi connectivity index (χ1n) is 6.36. The van der Waals surface area contributed by atoms with Crippen molar-refractivity contribution in [1.29, 1.82) is 0 Å².